The van der Waals surface area contributed by atoms with Gasteiger partial charge < -0.3 is 18.8 Å². The second kappa shape index (κ2) is 8.35. The lowest BCUT2D eigenvalue weighted by atomic mass is 10.1. The number of pyridine rings is 1. The second-order valence-corrected chi connectivity index (χ2v) is 6.67. The first kappa shape index (κ1) is 20.2. The molecule has 0 saturated heterocycles. The SMILES string of the molecule is CCOc1ccc(-n2cc(C(=O)OC)c3nn(-c4ccc(OC)cc4)c(=O)c-3c2)cc1. The largest absolute Gasteiger partial charge is 0.497 e. The first-order chi connectivity index (χ1) is 15.0. The van der Waals surface area contributed by atoms with E-state index in [0.29, 0.717) is 23.6 Å². The minimum absolute atomic E-state index is 0.193. The van der Waals surface area contributed by atoms with E-state index in [9.17, 15) is 9.59 Å². The lowest BCUT2D eigenvalue weighted by Gasteiger charge is -2.12. The van der Waals surface area contributed by atoms with Crippen LogP contribution in [0.1, 0.15) is 17.3 Å². The van der Waals surface area contributed by atoms with E-state index in [0.717, 1.165) is 11.4 Å². The molecule has 0 saturated carbocycles. The quantitative estimate of drug-likeness (QED) is 0.446. The van der Waals surface area contributed by atoms with Crippen LogP contribution in [0.25, 0.3) is 22.6 Å². The fourth-order valence-corrected chi connectivity index (χ4v) is 3.29. The van der Waals surface area contributed by atoms with E-state index >= 15 is 0 Å². The summed E-state index contributed by atoms with van der Waals surface area (Å²) in [7, 11) is 2.86. The van der Waals surface area contributed by atoms with Crippen molar-refractivity contribution in [1.29, 1.82) is 0 Å². The van der Waals surface area contributed by atoms with Gasteiger partial charge >= 0.3 is 5.97 Å². The molecular formula is C23H21N3O5. The molecule has 0 aromatic heterocycles. The zero-order valence-electron chi connectivity index (χ0n) is 17.4. The Bertz CT molecular complexity index is 1240. The van der Waals surface area contributed by atoms with Gasteiger partial charge in [-0.3, -0.25) is 4.79 Å². The van der Waals surface area contributed by atoms with Gasteiger partial charge in [-0.05, 0) is 55.5 Å². The van der Waals surface area contributed by atoms with Gasteiger partial charge in [0.2, 0.25) is 0 Å². The minimum Gasteiger partial charge on any atom is -0.497 e. The minimum atomic E-state index is -0.579. The molecule has 158 valence electrons. The molecule has 2 aliphatic rings. The number of hydrogen-bond donors (Lipinski definition) is 0. The Balaban J connectivity index is 1.88. The second-order valence-electron chi connectivity index (χ2n) is 6.67. The number of aromatic nitrogens is 3. The van der Waals surface area contributed by atoms with Crippen molar-refractivity contribution in [2.45, 2.75) is 6.92 Å². The van der Waals surface area contributed by atoms with E-state index in [1.165, 1.54) is 11.8 Å². The normalized spacial score (nSPS) is 10.8. The number of rotatable bonds is 6. The molecule has 31 heavy (non-hydrogen) atoms. The summed E-state index contributed by atoms with van der Waals surface area (Å²) in [6, 6.07) is 14.3. The van der Waals surface area contributed by atoms with Crippen molar-refractivity contribution in [3.05, 3.63) is 76.8 Å². The first-order valence-corrected chi connectivity index (χ1v) is 9.66. The summed E-state index contributed by atoms with van der Waals surface area (Å²) in [6.07, 6.45) is 3.27. The van der Waals surface area contributed by atoms with Crippen molar-refractivity contribution in [3.63, 3.8) is 0 Å². The fourth-order valence-electron chi connectivity index (χ4n) is 3.29. The van der Waals surface area contributed by atoms with E-state index in [1.54, 1.807) is 48.3 Å². The maximum Gasteiger partial charge on any atom is 0.341 e. The zero-order valence-corrected chi connectivity index (χ0v) is 17.4. The number of methoxy groups -OCH3 is 2. The number of benzene rings is 2. The predicted molar refractivity (Wildman–Crippen MR) is 115 cm³/mol. The van der Waals surface area contributed by atoms with Crippen molar-refractivity contribution in [2.24, 2.45) is 0 Å². The summed E-state index contributed by atoms with van der Waals surface area (Å²) in [6.45, 7) is 2.48. The summed E-state index contributed by atoms with van der Waals surface area (Å²) in [5, 5.41) is 4.41. The third kappa shape index (κ3) is 3.75. The Morgan fingerprint density at radius 3 is 2.19 bits per heavy atom. The van der Waals surface area contributed by atoms with Gasteiger partial charge in [-0.15, -0.1) is 0 Å². The van der Waals surface area contributed by atoms with Crippen LogP contribution in [0, 0.1) is 0 Å². The Labute approximate surface area is 178 Å². The number of esters is 1. The molecule has 4 rings (SSSR count). The molecule has 2 aromatic carbocycles. The highest BCUT2D eigenvalue weighted by atomic mass is 16.5. The maximum absolute atomic E-state index is 13.2. The topological polar surface area (TPSA) is 84.6 Å². The average molecular weight is 419 g/mol. The summed E-state index contributed by atoms with van der Waals surface area (Å²) in [5.41, 5.74) is 1.74. The summed E-state index contributed by atoms with van der Waals surface area (Å²) in [5.74, 6) is 0.819. The molecule has 2 heterocycles. The number of nitrogens with zero attached hydrogens (tertiary/aromatic N) is 3. The van der Waals surface area contributed by atoms with E-state index in [4.69, 9.17) is 14.2 Å². The highest BCUT2D eigenvalue weighted by Gasteiger charge is 2.25. The highest BCUT2D eigenvalue weighted by Crippen LogP contribution is 2.26. The molecule has 0 N–H and O–H groups in total. The Hall–Kier alpha value is -4.07. The third-order valence-corrected chi connectivity index (χ3v) is 4.84. The van der Waals surface area contributed by atoms with Crippen molar-refractivity contribution >= 4 is 5.97 Å². The van der Waals surface area contributed by atoms with Gasteiger partial charge in [0.25, 0.3) is 5.56 Å². The molecule has 0 bridgehead atoms. The average Bonchev–Trinajstić information content (AvgIpc) is 3.15. The van der Waals surface area contributed by atoms with Crippen molar-refractivity contribution in [1.82, 2.24) is 14.3 Å². The molecular weight excluding hydrogens is 398 g/mol. The van der Waals surface area contributed by atoms with E-state index in [1.807, 2.05) is 31.2 Å². The van der Waals surface area contributed by atoms with Crippen LogP contribution in [-0.2, 0) is 4.74 Å². The molecule has 0 spiro atoms. The number of hydrogen-bond acceptors (Lipinski definition) is 6. The molecule has 0 aliphatic carbocycles. The van der Waals surface area contributed by atoms with Gasteiger partial charge in [0.1, 0.15) is 22.8 Å². The molecule has 0 unspecified atom stereocenters. The van der Waals surface area contributed by atoms with Crippen molar-refractivity contribution in [2.75, 3.05) is 20.8 Å². The molecule has 8 nitrogen and oxygen atoms in total. The van der Waals surface area contributed by atoms with Crippen LogP contribution in [0.2, 0.25) is 0 Å². The highest BCUT2D eigenvalue weighted by molar-refractivity contribution is 5.96. The molecule has 0 amide bonds. The summed E-state index contributed by atoms with van der Waals surface area (Å²) >= 11 is 0. The van der Waals surface area contributed by atoms with Gasteiger partial charge in [0.05, 0.1) is 32.1 Å². The molecule has 2 aromatic rings. The maximum atomic E-state index is 13.2. The van der Waals surface area contributed by atoms with Crippen LogP contribution in [0.3, 0.4) is 0 Å². The molecule has 8 heteroatoms. The first-order valence-electron chi connectivity index (χ1n) is 9.66. The zero-order chi connectivity index (χ0) is 22.0. The monoisotopic (exact) mass is 419 g/mol. The number of carbonyl (C=O) groups excluding carboxylic acids is 1. The number of ether oxygens (including phenoxy) is 3. The lowest BCUT2D eigenvalue weighted by molar-refractivity contribution is 0.0600. The molecule has 0 fully saturated rings. The van der Waals surface area contributed by atoms with Gasteiger partial charge in [-0.1, -0.05) is 0 Å². The van der Waals surface area contributed by atoms with Crippen LogP contribution >= 0.6 is 0 Å². The summed E-state index contributed by atoms with van der Waals surface area (Å²) < 4.78 is 18.5. The van der Waals surface area contributed by atoms with Crippen molar-refractivity contribution < 1.29 is 19.0 Å². The smallest absolute Gasteiger partial charge is 0.341 e. The van der Waals surface area contributed by atoms with Gasteiger partial charge in [0.15, 0.2) is 0 Å². The van der Waals surface area contributed by atoms with Crippen LogP contribution in [0.5, 0.6) is 11.5 Å². The third-order valence-electron chi connectivity index (χ3n) is 4.84. The van der Waals surface area contributed by atoms with Crippen LogP contribution in [0.4, 0.5) is 0 Å². The van der Waals surface area contributed by atoms with Crippen LogP contribution < -0.4 is 15.0 Å². The molecule has 0 atom stereocenters. The van der Waals surface area contributed by atoms with Crippen LogP contribution in [0.15, 0.2) is 65.7 Å². The Kier molecular flexibility index (Phi) is 5.44. The number of fused-ring (bicyclic) bond motifs is 1. The summed E-state index contributed by atoms with van der Waals surface area (Å²) in [4.78, 5) is 25.6. The van der Waals surface area contributed by atoms with E-state index < -0.39 is 5.97 Å². The van der Waals surface area contributed by atoms with Crippen molar-refractivity contribution in [3.8, 4) is 34.1 Å². The predicted octanol–water partition coefficient (Wildman–Crippen LogP) is 3.32. The molecule has 2 aliphatic heterocycles. The standard InChI is InChI=1S/C23H21N3O5/c1-4-31-18-11-5-15(6-12-18)25-13-19-21(20(14-25)23(28)30-3)24-26(22(19)27)16-7-9-17(29-2)10-8-16/h5-14H,4H2,1-3H3. The molecule has 0 radical (unpaired) electrons. The van der Waals surface area contributed by atoms with E-state index in [2.05, 4.69) is 5.10 Å². The fraction of sp³-hybridized carbons (Fsp3) is 0.174. The Morgan fingerprint density at radius 1 is 0.935 bits per heavy atom. The number of carbonyl (C=O) groups is 1. The van der Waals surface area contributed by atoms with Gasteiger partial charge in [-0.25, -0.2) is 4.79 Å². The van der Waals surface area contributed by atoms with Gasteiger partial charge in [-0.2, -0.15) is 9.78 Å². The van der Waals surface area contributed by atoms with Crippen LogP contribution in [-0.4, -0.2) is 41.1 Å². The Morgan fingerprint density at radius 2 is 1.58 bits per heavy atom. The lowest BCUT2D eigenvalue weighted by Crippen LogP contribution is -2.15. The van der Waals surface area contributed by atoms with E-state index in [-0.39, 0.29) is 16.8 Å². The van der Waals surface area contributed by atoms with Gasteiger partial charge in [0, 0.05) is 18.1 Å².